The lowest BCUT2D eigenvalue weighted by atomic mass is 10.3. The number of benzene rings is 1. The van der Waals surface area contributed by atoms with Crippen LogP contribution in [0.2, 0.25) is 10.0 Å². The summed E-state index contributed by atoms with van der Waals surface area (Å²) < 4.78 is 15.2. The average molecular weight is 430 g/mol. The van der Waals surface area contributed by atoms with E-state index >= 15 is 0 Å². The molecule has 1 aromatic carbocycles. The van der Waals surface area contributed by atoms with Crippen molar-refractivity contribution in [3.63, 3.8) is 0 Å². The lowest BCUT2D eigenvalue weighted by Gasteiger charge is -2.22. The predicted molar refractivity (Wildman–Crippen MR) is 105 cm³/mol. The quantitative estimate of drug-likeness (QED) is 0.473. The van der Waals surface area contributed by atoms with Crippen molar-refractivity contribution in [2.75, 3.05) is 32.2 Å². The van der Waals surface area contributed by atoms with Crippen LogP contribution in [-0.4, -0.2) is 48.8 Å². The van der Waals surface area contributed by atoms with E-state index in [1.807, 2.05) is 6.92 Å². The van der Waals surface area contributed by atoms with Gasteiger partial charge in [-0.25, -0.2) is 14.6 Å². The van der Waals surface area contributed by atoms with E-state index in [2.05, 4.69) is 15.0 Å². The molecule has 0 unspecified atom stereocenters. The van der Waals surface area contributed by atoms with Crippen LogP contribution in [0.3, 0.4) is 0 Å². The minimum Gasteiger partial charge on any atom is -0.464 e. The molecule has 0 fully saturated rings. The van der Waals surface area contributed by atoms with Crippen molar-refractivity contribution >= 4 is 40.9 Å². The van der Waals surface area contributed by atoms with Crippen LogP contribution in [0.5, 0.6) is 0 Å². The summed E-state index contributed by atoms with van der Waals surface area (Å²) in [5.74, 6) is -0.419. The highest BCUT2D eigenvalue weighted by Crippen LogP contribution is 2.29. The Morgan fingerprint density at radius 3 is 2.82 bits per heavy atom. The maximum Gasteiger partial charge on any atom is 0.360 e. The standard InChI is InChI=1S/C18H21Cl2N3O5/c1-3-27-9-5-8-23(10-15-21-14(11-28-15)17(24)26-2)18(25)22-13-7-4-6-12(19)16(13)20/h4,6-7,11H,3,5,8-10H2,1-2H3,(H,22,25). The Balaban J connectivity index is 2.11. The highest BCUT2D eigenvalue weighted by molar-refractivity contribution is 6.43. The van der Waals surface area contributed by atoms with E-state index in [1.54, 1.807) is 18.2 Å². The topological polar surface area (TPSA) is 93.9 Å². The van der Waals surface area contributed by atoms with Gasteiger partial charge in [0.1, 0.15) is 6.26 Å². The normalized spacial score (nSPS) is 10.6. The molecule has 2 rings (SSSR count). The molecular formula is C18H21Cl2N3O5. The molecule has 1 aromatic heterocycles. The molecule has 0 radical (unpaired) electrons. The van der Waals surface area contributed by atoms with Crippen molar-refractivity contribution in [2.24, 2.45) is 0 Å². The molecule has 8 nitrogen and oxygen atoms in total. The van der Waals surface area contributed by atoms with Gasteiger partial charge in [0, 0.05) is 19.8 Å². The van der Waals surface area contributed by atoms with Gasteiger partial charge in [-0.2, -0.15) is 0 Å². The number of oxazole rings is 1. The number of nitrogens with one attached hydrogen (secondary N) is 1. The van der Waals surface area contributed by atoms with Crippen LogP contribution < -0.4 is 5.32 Å². The molecule has 0 aliphatic heterocycles. The van der Waals surface area contributed by atoms with E-state index in [-0.39, 0.29) is 23.2 Å². The van der Waals surface area contributed by atoms with Gasteiger partial charge in [0.25, 0.3) is 0 Å². The lowest BCUT2D eigenvalue weighted by Crippen LogP contribution is -2.36. The van der Waals surface area contributed by atoms with E-state index in [0.717, 1.165) is 0 Å². The molecule has 0 spiro atoms. The van der Waals surface area contributed by atoms with E-state index in [0.29, 0.717) is 36.9 Å². The van der Waals surface area contributed by atoms with Crippen LogP contribution in [-0.2, 0) is 16.0 Å². The summed E-state index contributed by atoms with van der Waals surface area (Å²) in [5, 5.41) is 3.30. The third-order valence-corrected chi connectivity index (χ3v) is 4.49. The Bertz CT molecular complexity index is 812. The largest absolute Gasteiger partial charge is 0.464 e. The Morgan fingerprint density at radius 1 is 1.32 bits per heavy atom. The van der Waals surface area contributed by atoms with Crippen molar-refractivity contribution in [3.8, 4) is 0 Å². The monoisotopic (exact) mass is 429 g/mol. The zero-order valence-corrected chi connectivity index (χ0v) is 17.0. The van der Waals surface area contributed by atoms with E-state index in [4.69, 9.17) is 32.4 Å². The highest BCUT2D eigenvalue weighted by Gasteiger charge is 2.20. The second-order valence-electron chi connectivity index (χ2n) is 5.62. The first-order valence-corrected chi connectivity index (χ1v) is 9.32. The third-order valence-electron chi connectivity index (χ3n) is 3.67. The van der Waals surface area contributed by atoms with Crippen molar-refractivity contribution in [2.45, 2.75) is 19.9 Å². The van der Waals surface area contributed by atoms with Crippen molar-refractivity contribution < 1.29 is 23.5 Å². The van der Waals surface area contributed by atoms with Gasteiger partial charge in [0.2, 0.25) is 5.89 Å². The number of carbonyl (C=O) groups excluding carboxylic acids is 2. The zero-order chi connectivity index (χ0) is 20.5. The molecule has 0 bridgehead atoms. The zero-order valence-electron chi connectivity index (χ0n) is 15.5. The second-order valence-corrected chi connectivity index (χ2v) is 6.41. The molecule has 2 aromatic rings. The van der Waals surface area contributed by atoms with Crippen LogP contribution in [0.15, 0.2) is 28.9 Å². The summed E-state index contributed by atoms with van der Waals surface area (Å²) in [6.07, 6.45) is 1.79. The van der Waals surface area contributed by atoms with Gasteiger partial charge in [-0.05, 0) is 25.5 Å². The highest BCUT2D eigenvalue weighted by atomic mass is 35.5. The fraction of sp³-hybridized carbons (Fsp3) is 0.389. The molecule has 0 aliphatic rings. The summed E-state index contributed by atoms with van der Waals surface area (Å²) in [4.78, 5) is 29.8. The smallest absolute Gasteiger partial charge is 0.360 e. The Hall–Kier alpha value is -2.29. The molecule has 10 heteroatoms. The minimum atomic E-state index is -0.618. The molecule has 1 N–H and O–H groups in total. The Morgan fingerprint density at radius 2 is 2.11 bits per heavy atom. The van der Waals surface area contributed by atoms with Crippen LogP contribution in [0.25, 0.3) is 0 Å². The van der Waals surface area contributed by atoms with Crippen molar-refractivity contribution in [3.05, 3.63) is 46.1 Å². The third kappa shape index (κ3) is 6.12. The predicted octanol–water partition coefficient (Wildman–Crippen LogP) is 4.23. The summed E-state index contributed by atoms with van der Waals surface area (Å²) in [7, 11) is 1.25. The first-order valence-electron chi connectivity index (χ1n) is 8.56. The van der Waals surface area contributed by atoms with Crippen LogP contribution in [0, 0.1) is 0 Å². The summed E-state index contributed by atoms with van der Waals surface area (Å²) >= 11 is 12.1. The molecule has 1 heterocycles. The van der Waals surface area contributed by atoms with Crippen LogP contribution >= 0.6 is 23.2 Å². The van der Waals surface area contributed by atoms with E-state index in [1.165, 1.54) is 18.3 Å². The van der Waals surface area contributed by atoms with Crippen molar-refractivity contribution in [1.82, 2.24) is 9.88 Å². The minimum absolute atomic E-state index is 0.0325. The summed E-state index contributed by atoms with van der Waals surface area (Å²) in [6, 6.07) is 4.53. The molecule has 152 valence electrons. The fourth-order valence-corrected chi connectivity index (χ4v) is 2.64. The van der Waals surface area contributed by atoms with Gasteiger partial charge in [-0.1, -0.05) is 29.3 Å². The number of rotatable bonds is 9. The summed E-state index contributed by atoms with van der Waals surface area (Å²) in [6.45, 7) is 3.41. The number of methoxy groups -OCH3 is 1. The number of hydrogen-bond donors (Lipinski definition) is 1. The second kappa shape index (κ2) is 10.9. The molecular weight excluding hydrogens is 409 g/mol. The molecule has 2 amide bonds. The fourth-order valence-electron chi connectivity index (χ4n) is 2.29. The van der Waals surface area contributed by atoms with E-state index in [9.17, 15) is 9.59 Å². The Kier molecular flexibility index (Phi) is 8.56. The van der Waals surface area contributed by atoms with Gasteiger partial charge in [0.05, 0.1) is 29.4 Å². The van der Waals surface area contributed by atoms with Gasteiger partial charge in [-0.15, -0.1) is 0 Å². The number of nitrogens with zero attached hydrogens (tertiary/aromatic N) is 2. The number of aromatic nitrogens is 1. The SMILES string of the molecule is CCOCCCN(Cc1nc(C(=O)OC)co1)C(=O)Nc1cccc(Cl)c1Cl. The van der Waals surface area contributed by atoms with Gasteiger partial charge in [0.15, 0.2) is 5.69 Å². The number of urea groups is 1. The van der Waals surface area contributed by atoms with E-state index < -0.39 is 12.0 Å². The molecule has 28 heavy (non-hydrogen) atoms. The Labute approximate surface area is 172 Å². The number of esters is 1. The lowest BCUT2D eigenvalue weighted by molar-refractivity contribution is 0.0594. The van der Waals surface area contributed by atoms with Gasteiger partial charge < -0.3 is 24.1 Å². The number of anilines is 1. The molecule has 0 aliphatic carbocycles. The maximum atomic E-state index is 12.8. The van der Waals surface area contributed by atoms with Crippen LogP contribution in [0.1, 0.15) is 29.7 Å². The average Bonchev–Trinajstić information content (AvgIpc) is 3.15. The van der Waals surface area contributed by atoms with Gasteiger partial charge in [-0.3, -0.25) is 0 Å². The van der Waals surface area contributed by atoms with Crippen LogP contribution in [0.4, 0.5) is 10.5 Å². The number of carbonyl (C=O) groups is 2. The van der Waals surface area contributed by atoms with Gasteiger partial charge >= 0.3 is 12.0 Å². The maximum absolute atomic E-state index is 12.8. The number of amides is 2. The first-order chi connectivity index (χ1) is 13.5. The summed E-state index contributed by atoms with van der Waals surface area (Å²) in [5.41, 5.74) is 0.418. The molecule has 0 atom stereocenters. The number of hydrogen-bond acceptors (Lipinski definition) is 6. The molecule has 0 saturated heterocycles. The molecule has 0 saturated carbocycles. The number of halogens is 2. The first kappa shape index (κ1) is 22.0. The number of ether oxygens (including phenoxy) is 2. The van der Waals surface area contributed by atoms with Crippen molar-refractivity contribution in [1.29, 1.82) is 0 Å².